The maximum atomic E-state index is 13.7. The number of hydrogen-bond donors (Lipinski definition) is 0. The van der Waals surface area contributed by atoms with Crippen LogP contribution in [0, 0.1) is 5.92 Å². The summed E-state index contributed by atoms with van der Waals surface area (Å²) in [6.45, 7) is -0.170. The highest BCUT2D eigenvalue weighted by atomic mass is 35.7. The van der Waals surface area contributed by atoms with Crippen LogP contribution in [-0.4, -0.2) is 44.0 Å². The lowest BCUT2D eigenvalue weighted by Crippen LogP contribution is -2.55. The van der Waals surface area contributed by atoms with Crippen LogP contribution in [0.3, 0.4) is 0 Å². The summed E-state index contributed by atoms with van der Waals surface area (Å²) in [6.07, 6.45) is -24.9. The third-order valence-electron chi connectivity index (χ3n) is 3.50. The van der Waals surface area contributed by atoms with Gasteiger partial charge in [0.15, 0.2) is 0 Å². The van der Waals surface area contributed by atoms with Crippen LogP contribution in [0.5, 0.6) is 0 Å². The molecule has 15 heteroatoms. The summed E-state index contributed by atoms with van der Waals surface area (Å²) in [4.78, 5) is 0. The molecule has 158 valence electrons. The highest BCUT2D eigenvalue weighted by Gasteiger charge is 2.72. The molecule has 26 heavy (non-hydrogen) atoms. The minimum absolute atomic E-state index is 0.170. The Kier molecular flexibility index (Phi) is 7.32. The first-order chi connectivity index (χ1) is 11.0. The van der Waals surface area contributed by atoms with Crippen molar-refractivity contribution in [2.75, 3.05) is 5.75 Å². The minimum Gasteiger partial charge on any atom is -0.234 e. The molecule has 2 unspecified atom stereocenters. The van der Waals surface area contributed by atoms with Crippen molar-refractivity contribution >= 4 is 19.7 Å². The van der Waals surface area contributed by atoms with Crippen LogP contribution in [0.4, 0.5) is 48.3 Å². The van der Waals surface area contributed by atoms with Crippen molar-refractivity contribution in [2.24, 2.45) is 5.92 Å². The monoisotopic (exact) mass is 452 g/mol. The molecule has 0 aliphatic rings. The Balaban J connectivity index is 5.86. The molecule has 0 aromatic carbocycles. The van der Waals surface area contributed by atoms with E-state index >= 15 is 0 Å². The average Bonchev–Trinajstić information content (AvgIpc) is 2.30. The van der Waals surface area contributed by atoms with Gasteiger partial charge >= 0.3 is 18.5 Å². The first-order valence-corrected chi connectivity index (χ1v) is 9.02. The molecule has 0 N–H and O–H groups in total. The van der Waals surface area contributed by atoms with Crippen LogP contribution >= 0.6 is 10.7 Å². The molecule has 2 nitrogen and oxygen atoms in total. The molecule has 0 heterocycles. The Morgan fingerprint density at radius 2 is 1.15 bits per heavy atom. The maximum absolute atomic E-state index is 13.7. The van der Waals surface area contributed by atoms with E-state index in [1.165, 1.54) is 0 Å². The topological polar surface area (TPSA) is 34.1 Å². The quantitative estimate of drug-likeness (QED) is 0.379. The van der Waals surface area contributed by atoms with Gasteiger partial charge < -0.3 is 0 Å². The molecule has 0 aromatic heterocycles. The molecule has 0 aliphatic carbocycles. The second kappa shape index (κ2) is 7.47. The number of hydrogen-bond acceptors (Lipinski definition) is 2. The van der Waals surface area contributed by atoms with Crippen molar-refractivity contribution in [3.05, 3.63) is 0 Å². The second-order valence-electron chi connectivity index (χ2n) is 5.80. The lowest BCUT2D eigenvalue weighted by molar-refractivity contribution is -0.347. The van der Waals surface area contributed by atoms with Gasteiger partial charge in [-0.05, 0) is 25.7 Å². The van der Waals surface area contributed by atoms with Gasteiger partial charge in [0.05, 0.1) is 5.75 Å². The summed E-state index contributed by atoms with van der Waals surface area (Å²) in [7, 11) is 0.154. The van der Waals surface area contributed by atoms with E-state index in [0.29, 0.717) is 0 Å². The first-order valence-electron chi connectivity index (χ1n) is 6.54. The van der Waals surface area contributed by atoms with Crippen LogP contribution in [0.1, 0.15) is 26.2 Å². The van der Waals surface area contributed by atoms with Crippen LogP contribution < -0.4 is 0 Å². The summed E-state index contributed by atoms with van der Waals surface area (Å²) in [5.41, 5.74) is -10.2. The number of alkyl halides is 11. The van der Waals surface area contributed by atoms with Crippen molar-refractivity contribution in [2.45, 2.75) is 56.1 Å². The van der Waals surface area contributed by atoms with Crippen LogP contribution in [0.15, 0.2) is 0 Å². The molecule has 0 spiro atoms. The lowest BCUT2D eigenvalue weighted by Gasteiger charge is -2.35. The van der Waals surface area contributed by atoms with E-state index in [1.54, 1.807) is 0 Å². The third kappa shape index (κ3) is 6.57. The highest BCUT2D eigenvalue weighted by molar-refractivity contribution is 8.13. The fraction of sp³-hybridized carbons (Fsp3) is 1.00. The zero-order valence-corrected chi connectivity index (χ0v) is 14.2. The van der Waals surface area contributed by atoms with Crippen molar-refractivity contribution in [1.29, 1.82) is 0 Å². The van der Waals surface area contributed by atoms with Gasteiger partial charge in [0.1, 0.15) is 0 Å². The molecule has 2 atom stereocenters. The molecule has 0 aromatic rings. The first kappa shape index (κ1) is 25.5. The SMILES string of the molecule is CC(F)(CC(CCS(=O)(=O)Cl)CC(F)(C(F)(F)F)C(F)(F)F)C(F)(F)F. The van der Waals surface area contributed by atoms with Gasteiger partial charge in [0.25, 0.3) is 5.67 Å². The molecule has 0 fully saturated rings. The zero-order valence-electron chi connectivity index (χ0n) is 12.7. The molecule has 0 aliphatic heterocycles. The summed E-state index contributed by atoms with van der Waals surface area (Å²) in [5, 5.41) is 0. The van der Waals surface area contributed by atoms with Crippen LogP contribution in [0.2, 0.25) is 0 Å². The molecule has 0 radical (unpaired) electrons. The second-order valence-corrected chi connectivity index (χ2v) is 8.69. The summed E-state index contributed by atoms with van der Waals surface area (Å²) in [5.74, 6) is -3.97. The van der Waals surface area contributed by atoms with Crippen molar-refractivity contribution < 1.29 is 56.7 Å². The van der Waals surface area contributed by atoms with E-state index in [1.807, 2.05) is 0 Å². The Morgan fingerprint density at radius 1 is 0.769 bits per heavy atom. The Labute approximate surface area is 145 Å². The number of halogens is 12. The average molecular weight is 453 g/mol. The maximum Gasteiger partial charge on any atom is 0.431 e. The summed E-state index contributed by atoms with van der Waals surface area (Å²) in [6, 6.07) is 0. The Hall–Kier alpha value is -0.530. The zero-order chi connectivity index (χ0) is 21.4. The smallest absolute Gasteiger partial charge is 0.234 e. The van der Waals surface area contributed by atoms with Gasteiger partial charge in [0, 0.05) is 17.1 Å². The Morgan fingerprint density at radius 3 is 1.42 bits per heavy atom. The van der Waals surface area contributed by atoms with E-state index in [2.05, 4.69) is 0 Å². The standard InChI is InChI=1S/C11H12ClF11O2S/c1-7(13,9(15,16)17)4-6(2-3-26(12,24)25)5-8(14,10(18,19)20)11(21,22)23/h6H,2-5H2,1H3. The van der Waals surface area contributed by atoms with E-state index in [4.69, 9.17) is 10.7 Å². The van der Waals surface area contributed by atoms with E-state index in [-0.39, 0.29) is 6.92 Å². The Bertz CT molecular complexity index is 562. The van der Waals surface area contributed by atoms with E-state index in [0.717, 1.165) is 0 Å². The van der Waals surface area contributed by atoms with E-state index in [9.17, 15) is 56.7 Å². The van der Waals surface area contributed by atoms with E-state index < -0.39 is 69.9 Å². The van der Waals surface area contributed by atoms with Crippen molar-refractivity contribution in [3.8, 4) is 0 Å². The molecular weight excluding hydrogens is 441 g/mol. The van der Waals surface area contributed by atoms with Gasteiger partial charge in [-0.1, -0.05) is 0 Å². The van der Waals surface area contributed by atoms with Gasteiger partial charge in [0.2, 0.25) is 14.7 Å². The van der Waals surface area contributed by atoms with Gasteiger partial charge in [-0.15, -0.1) is 0 Å². The predicted octanol–water partition coefficient (Wildman–Crippen LogP) is 5.46. The molecule has 0 amide bonds. The number of rotatable bonds is 7. The molecule has 0 rings (SSSR count). The fourth-order valence-electron chi connectivity index (χ4n) is 2.03. The third-order valence-corrected chi connectivity index (χ3v) is 4.69. The normalized spacial score (nSPS) is 18.5. The molecular formula is C11H12ClF11O2S. The van der Waals surface area contributed by atoms with Crippen LogP contribution in [-0.2, 0) is 9.05 Å². The minimum atomic E-state index is -6.58. The van der Waals surface area contributed by atoms with Gasteiger partial charge in [-0.3, -0.25) is 0 Å². The molecule has 0 bridgehead atoms. The predicted molar refractivity (Wildman–Crippen MR) is 68.5 cm³/mol. The largest absolute Gasteiger partial charge is 0.431 e. The van der Waals surface area contributed by atoms with Crippen molar-refractivity contribution in [1.82, 2.24) is 0 Å². The molecule has 0 saturated carbocycles. The van der Waals surface area contributed by atoms with Gasteiger partial charge in [-0.2, -0.15) is 39.5 Å². The molecule has 0 saturated heterocycles. The lowest BCUT2D eigenvalue weighted by atomic mass is 9.82. The fourth-order valence-corrected chi connectivity index (χ4v) is 2.91. The van der Waals surface area contributed by atoms with Crippen molar-refractivity contribution in [3.63, 3.8) is 0 Å². The summed E-state index contributed by atoms with van der Waals surface area (Å²) < 4.78 is 162. The summed E-state index contributed by atoms with van der Waals surface area (Å²) >= 11 is 0. The van der Waals surface area contributed by atoms with Gasteiger partial charge in [-0.25, -0.2) is 17.2 Å². The van der Waals surface area contributed by atoms with Crippen LogP contribution in [0.25, 0.3) is 0 Å². The highest BCUT2D eigenvalue weighted by Crippen LogP contribution is 2.52.